The summed E-state index contributed by atoms with van der Waals surface area (Å²) >= 11 is 0. The number of aromatic nitrogens is 1. The third kappa shape index (κ3) is 3.71. The molecule has 0 unspecified atom stereocenters. The summed E-state index contributed by atoms with van der Waals surface area (Å²) in [6, 6.07) is 5.26. The maximum absolute atomic E-state index is 13.9. The van der Waals surface area contributed by atoms with Gasteiger partial charge in [0.15, 0.2) is 0 Å². The second kappa shape index (κ2) is 7.56. The Balaban J connectivity index is 1.92. The molecular weight excluding hydrogens is 319 g/mol. The van der Waals surface area contributed by atoms with Gasteiger partial charge in [0.25, 0.3) is 0 Å². The second-order valence-corrected chi connectivity index (χ2v) is 7.14. The van der Waals surface area contributed by atoms with E-state index in [0.717, 1.165) is 60.8 Å². The molecule has 0 amide bonds. The zero-order chi connectivity index (χ0) is 18.0. The highest BCUT2D eigenvalue weighted by Gasteiger charge is 2.27. The van der Waals surface area contributed by atoms with Gasteiger partial charge in [-0.25, -0.2) is 4.39 Å². The SMILES string of the molecule is CCCNC1CCC(c2c(C)n(CC(=O)O)c3ccc(F)cc23)CC1. The highest BCUT2D eigenvalue weighted by Crippen LogP contribution is 2.40. The summed E-state index contributed by atoms with van der Waals surface area (Å²) in [7, 11) is 0. The van der Waals surface area contributed by atoms with E-state index in [-0.39, 0.29) is 12.4 Å². The molecule has 1 heterocycles. The van der Waals surface area contributed by atoms with Gasteiger partial charge in [0, 0.05) is 22.6 Å². The first-order valence-corrected chi connectivity index (χ1v) is 9.24. The van der Waals surface area contributed by atoms with Crippen LogP contribution in [0, 0.1) is 12.7 Å². The Morgan fingerprint density at radius 3 is 2.68 bits per heavy atom. The van der Waals surface area contributed by atoms with Crippen LogP contribution in [0.5, 0.6) is 0 Å². The quantitative estimate of drug-likeness (QED) is 0.824. The van der Waals surface area contributed by atoms with Crippen LogP contribution in [-0.4, -0.2) is 28.2 Å². The number of carbonyl (C=O) groups is 1. The third-order valence-corrected chi connectivity index (χ3v) is 5.45. The number of nitrogens with zero attached hydrogens (tertiary/aromatic N) is 1. The molecule has 25 heavy (non-hydrogen) atoms. The van der Waals surface area contributed by atoms with Crippen molar-refractivity contribution in [1.29, 1.82) is 0 Å². The molecule has 1 aliphatic carbocycles. The Bertz CT molecular complexity index is 761. The molecule has 1 saturated carbocycles. The van der Waals surface area contributed by atoms with E-state index in [1.165, 1.54) is 6.07 Å². The van der Waals surface area contributed by atoms with Crippen LogP contribution < -0.4 is 5.32 Å². The molecule has 0 atom stereocenters. The van der Waals surface area contributed by atoms with Crippen LogP contribution in [0.25, 0.3) is 10.9 Å². The second-order valence-electron chi connectivity index (χ2n) is 7.14. The average Bonchev–Trinajstić information content (AvgIpc) is 2.84. The molecule has 4 nitrogen and oxygen atoms in total. The van der Waals surface area contributed by atoms with E-state index in [2.05, 4.69) is 12.2 Å². The van der Waals surface area contributed by atoms with Crippen LogP contribution in [-0.2, 0) is 11.3 Å². The summed E-state index contributed by atoms with van der Waals surface area (Å²) in [6.07, 6.45) is 5.49. The highest BCUT2D eigenvalue weighted by atomic mass is 19.1. The molecule has 5 heteroatoms. The first-order valence-electron chi connectivity index (χ1n) is 9.24. The Labute approximate surface area is 148 Å². The average molecular weight is 346 g/mol. The van der Waals surface area contributed by atoms with Crippen LogP contribution >= 0.6 is 0 Å². The lowest BCUT2D eigenvalue weighted by atomic mass is 9.80. The van der Waals surface area contributed by atoms with Crippen LogP contribution in [0.4, 0.5) is 4.39 Å². The number of carboxylic acid groups (broad SMARTS) is 1. The van der Waals surface area contributed by atoms with Crippen molar-refractivity contribution in [3.05, 3.63) is 35.3 Å². The molecule has 2 N–H and O–H groups in total. The molecule has 0 spiro atoms. The van der Waals surface area contributed by atoms with Crippen molar-refractivity contribution in [2.24, 2.45) is 0 Å². The van der Waals surface area contributed by atoms with Gasteiger partial charge < -0.3 is 15.0 Å². The van der Waals surface area contributed by atoms with Crippen molar-refractivity contribution < 1.29 is 14.3 Å². The number of carboxylic acids is 1. The predicted octanol–water partition coefficient (Wildman–Crippen LogP) is 4.20. The fraction of sp³-hybridized carbons (Fsp3) is 0.550. The molecule has 136 valence electrons. The van der Waals surface area contributed by atoms with Gasteiger partial charge in [-0.05, 0) is 75.3 Å². The molecule has 0 radical (unpaired) electrons. The maximum Gasteiger partial charge on any atom is 0.323 e. The maximum atomic E-state index is 13.9. The molecular formula is C20H27FN2O2. The summed E-state index contributed by atoms with van der Waals surface area (Å²) in [5, 5.41) is 13.7. The fourth-order valence-electron chi connectivity index (χ4n) is 4.27. The van der Waals surface area contributed by atoms with Gasteiger partial charge in [0.1, 0.15) is 12.4 Å². The third-order valence-electron chi connectivity index (χ3n) is 5.45. The first-order chi connectivity index (χ1) is 12.0. The topological polar surface area (TPSA) is 54.3 Å². The van der Waals surface area contributed by atoms with E-state index in [0.29, 0.717) is 12.0 Å². The largest absolute Gasteiger partial charge is 0.480 e. The summed E-state index contributed by atoms with van der Waals surface area (Å²) in [4.78, 5) is 11.3. The standard InChI is InChI=1S/C20H27FN2O2/c1-3-10-22-16-7-4-14(5-8-16)20-13(2)23(12-19(24)25)18-9-6-15(21)11-17(18)20/h6,9,11,14,16,22H,3-5,7-8,10,12H2,1-2H3,(H,24,25). The van der Waals surface area contributed by atoms with Crippen molar-refractivity contribution in [3.8, 4) is 0 Å². The Morgan fingerprint density at radius 1 is 1.32 bits per heavy atom. The van der Waals surface area contributed by atoms with Crippen molar-refractivity contribution in [2.45, 2.75) is 64.5 Å². The smallest absolute Gasteiger partial charge is 0.323 e. The molecule has 0 aliphatic heterocycles. The molecule has 1 aromatic carbocycles. The van der Waals surface area contributed by atoms with Gasteiger partial charge in [-0.3, -0.25) is 4.79 Å². The van der Waals surface area contributed by atoms with Crippen LogP contribution in [0.3, 0.4) is 0 Å². The van der Waals surface area contributed by atoms with E-state index in [4.69, 9.17) is 0 Å². The zero-order valence-electron chi connectivity index (χ0n) is 15.0. The summed E-state index contributed by atoms with van der Waals surface area (Å²) in [5.41, 5.74) is 2.93. The Kier molecular flexibility index (Phi) is 5.42. The van der Waals surface area contributed by atoms with Gasteiger partial charge in [-0.1, -0.05) is 6.92 Å². The number of nitrogens with one attached hydrogen (secondary N) is 1. The lowest BCUT2D eigenvalue weighted by Crippen LogP contribution is -2.33. The molecule has 3 rings (SSSR count). The van der Waals surface area contributed by atoms with Crippen molar-refractivity contribution in [1.82, 2.24) is 9.88 Å². The van der Waals surface area contributed by atoms with Crippen molar-refractivity contribution in [2.75, 3.05) is 6.54 Å². The summed E-state index contributed by atoms with van der Waals surface area (Å²) in [6.45, 7) is 5.12. The van der Waals surface area contributed by atoms with Crippen LogP contribution in [0.15, 0.2) is 18.2 Å². The number of rotatable bonds is 6. The van der Waals surface area contributed by atoms with Gasteiger partial charge in [-0.15, -0.1) is 0 Å². The first kappa shape index (κ1) is 17.9. The van der Waals surface area contributed by atoms with Gasteiger partial charge in [0.2, 0.25) is 0 Å². The minimum atomic E-state index is -0.872. The van der Waals surface area contributed by atoms with Gasteiger partial charge in [-0.2, -0.15) is 0 Å². The highest BCUT2D eigenvalue weighted by molar-refractivity contribution is 5.87. The number of benzene rings is 1. The monoisotopic (exact) mass is 346 g/mol. The fourth-order valence-corrected chi connectivity index (χ4v) is 4.27. The van der Waals surface area contributed by atoms with Gasteiger partial charge >= 0.3 is 5.97 Å². The number of aliphatic carboxylic acids is 1. The van der Waals surface area contributed by atoms with Crippen LogP contribution in [0.2, 0.25) is 0 Å². The van der Waals surface area contributed by atoms with E-state index < -0.39 is 5.97 Å². The molecule has 0 bridgehead atoms. The van der Waals surface area contributed by atoms with E-state index in [1.807, 2.05) is 11.5 Å². The van der Waals surface area contributed by atoms with Crippen molar-refractivity contribution in [3.63, 3.8) is 0 Å². The van der Waals surface area contributed by atoms with E-state index >= 15 is 0 Å². The van der Waals surface area contributed by atoms with E-state index in [1.54, 1.807) is 12.1 Å². The lowest BCUT2D eigenvalue weighted by Gasteiger charge is -2.29. The van der Waals surface area contributed by atoms with Gasteiger partial charge in [0.05, 0.1) is 0 Å². The molecule has 0 saturated heterocycles. The molecule has 1 aromatic heterocycles. The molecule has 1 aliphatic rings. The predicted molar refractivity (Wildman–Crippen MR) is 97.6 cm³/mol. The van der Waals surface area contributed by atoms with Crippen LogP contribution in [0.1, 0.15) is 56.2 Å². The lowest BCUT2D eigenvalue weighted by molar-refractivity contribution is -0.137. The normalized spacial score (nSPS) is 20.9. The zero-order valence-corrected chi connectivity index (χ0v) is 15.0. The molecule has 2 aromatic rings. The minimum absolute atomic E-state index is 0.0820. The number of fused-ring (bicyclic) bond motifs is 1. The Hall–Kier alpha value is -1.88. The number of halogens is 1. The summed E-state index contributed by atoms with van der Waals surface area (Å²) < 4.78 is 15.7. The Morgan fingerprint density at radius 2 is 2.04 bits per heavy atom. The number of hydrogen-bond acceptors (Lipinski definition) is 2. The molecule has 1 fully saturated rings. The van der Waals surface area contributed by atoms with Crippen molar-refractivity contribution >= 4 is 16.9 Å². The minimum Gasteiger partial charge on any atom is -0.480 e. The summed E-state index contributed by atoms with van der Waals surface area (Å²) in [5.74, 6) is -0.762. The van der Waals surface area contributed by atoms with E-state index in [9.17, 15) is 14.3 Å². The number of hydrogen-bond donors (Lipinski definition) is 2.